The predicted molar refractivity (Wildman–Crippen MR) is 122 cm³/mol. The van der Waals surface area contributed by atoms with Gasteiger partial charge in [-0.3, -0.25) is 4.79 Å². The Morgan fingerprint density at radius 1 is 1.12 bits per heavy atom. The third-order valence-electron chi connectivity index (χ3n) is 5.78. The summed E-state index contributed by atoms with van der Waals surface area (Å²) in [6, 6.07) is 9.80. The van der Waals surface area contributed by atoms with E-state index in [9.17, 15) is 9.18 Å². The largest absolute Gasteiger partial charge is 0.353 e. The summed E-state index contributed by atoms with van der Waals surface area (Å²) in [4.78, 5) is 24.2. The predicted octanol–water partition coefficient (Wildman–Crippen LogP) is 1.71. The molecule has 1 aromatic carbocycles. The van der Waals surface area contributed by atoms with Crippen LogP contribution in [0.4, 0.5) is 10.2 Å². The number of anilines is 1. The number of benzene rings is 1. The van der Waals surface area contributed by atoms with Crippen LogP contribution in [0.1, 0.15) is 23.0 Å². The quantitative estimate of drug-likeness (QED) is 0.540. The highest BCUT2D eigenvalue weighted by Gasteiger charge is 2.31. The Hall–Kier alpha value is -3.40. The van der Waals surface area contributed by atoms with Crippen molar-refractivity contribution in [3.8, 4) is 0 Å². The molecule has 174 valence electrons. The lowest BCUT2D eigenvalue weighted by Gasteiger charge is -2.37. The highest BCUT2D eigenvalue weighted by atomic mass is 19.1. The van der Waals surface area contributed by atoms with Gasteiger partial charge in [-0.2, -0.15) is 0 Å². The minimum absolute atomic E-state index is 0.0661. The zero-order valence-electron chi connectivity index (χ0n) is 19.2. The standard InChI is InChI=1S/C23H29FN8O/c1-17-26-27-28-32(17)21(14-18-5-4-6-20(24)13-18)23(33)31-11-9-30(10-12-31)22-8-7-19(15-25-22)16-29(2)3/h4-8,13,15,21H,9-12,14,16H2,1-3H3. The maximum Gasteiger partial charge on any atom is 0.248 e. The van der Waals surface area contributed by atoms with Crippen molar-refractivity contribution >= 4 is 11.7 Å². The molecule has 9 nitrogen and oxygen atoms in total. The molecule has 0 radical (unpaired) electrons. The molecule has 10 heteroatoms. The zero-order valence-corrected chi connectivity index (χ0v) is 19.2. The Morgan fingerprint density at radius 3 is 2.52 bits per heavy atom. The number of halogens is 1. The van der Waals surface area contributed by atoms with Gasteiger partial charge in [-0.15, -0.1) is 5.10 Å². The maximum atomic E-state index is 13.7. The Kier molecular flexibility index (Phi) is 6.93. The van der Waals surface area contributed by atoms with E-state index in [0.717, 1.165) is 23.5 Å². The summed E-state index contributed by atoms with van der Waals surface area (Å²) in [5, 5.41) is 11.7. The van der Waals surface area contributed by atoms with Crippen LogP contribution in [0.5, 0.6) is 0 Å². The van der Waals surface area contributed by atoms with Gasteiger partial charge in [0.25, 0.3) is 0 Å². The smallest absolute Gasteiger partial charge is 0.248 e. The number of hydrogen-bond donors (Lipinski definition) is 0. The second kappa shape index (κ2) is 10.0. The van der Waals surface area contributed by atoms with Crippen LogP contribution in [0.15, 0.2) is 42.6 Å². The minimum atomic E-state index is -0.628. The second-order valence-corrected chi connectivity index (χ2v) is 8.60. The molecule has 0 aliphatic carbocycles. The minimum Gasteiger partial charge on any atom is -0.353 e. The van der Waals surface area contributed by atoms with Gasteiger partial charge in [0.2, 0.25) is 5.91 Å². The number of aryl methyl sites for hydroxylation is 1. The van der Waals surface area contributed by atoms with Crippen molar-refractivity contribution in [1.82, 2.24) is 35.0 Å². The van der Waals surface area contributed by atoms with Crippen LogP contribution in [0.3, 0.4) is 0 Å². The summed E-state index contributed by atoms with van der Waals surface area (Å²) >= 11 is 0. The van der Waals surface area contributed by atoms with Gasteiger partial charge in [0, 0.05) is 45.3 Å². The fourth-order valence-corrected chi connectivity index (χ4v) is 4.12. The molecule has 1 unspecified atom stereocenters. The van der Waals surface area contributed by atoms with E-state index >= 15 is 0 Å². The van der Waals surface area contributed by atoms with Crippen LogP contribution in [0, 0.1) is 12.7 Å². The van der Waals surface area contributed by atoms with Crippen LogP contribution >= 0.6 is 0 Å². The molecule has 1 amide bonds. The van der Waals surface area contributed by atoms with Gasteiger partial charge in [-0.1, -0.05) is 18.2 Å². The van der Waals surface area contributed by atoms with E-state index in [0.29, 0.717) is 38.4 Å². The van der Waals surface area contributed by atoms with Gasteiger partial charge in [0.1, 0.15) is 23.5 Å². The number of aromatic nitrogens is 5. The number of pyridine rings is 1. The monoisotopic (exact) mass is 452 g/mol. The fraction of sp³-hybridized carbons (Fsp3) is 0.435. The van der Waals surface area contributed by atoms with Crippen molar-refractivity contribution in [2.24, 2.45) is 0 Å². The van der Waals surface area contributed by atoms with E-state index in [2.05, 4.69) is 36.4 Å². The summed E-state index contributed by atoms with van der Waals surface area (Å²) in [7, 11) is 4.06. The highest BCUT2D eigenvalue weighted by molar-refractivity contribution is 5.81. The topological polar surface area (TPSA) is 83.3 Å². The van der Waals surface area contributed by atoms with Crippen LogP contribution in [-0.4, -0.2) is 81.2 Å². The number of tetrazole rings is 1. The molecular weight excluding hydrogens is 423 g/mol. The first-order valence-electron chi connectivity index (χ1n) is 11.0. The fourth-order valence-electron chi connectivity index (χ4n) is 4.12. The van der Waals surface area contributed by atoms with E-state index in [1.807, 2.05) is 37.3 Å². The first-order valence-corrected chi connectivity index (χ1v) is 11.0. The summed E-state index contributed by atoms with van der Waals surface area (Å²) in [6.45, 7) is 5.12. The van der Waals surface area contributed by atoms with Crippen molar-refractivity contribution in [2.45, 2.75) is 25.9 Å². The molecule has 33 heavy (non-hydrogen) atoms. The number of amides is 1. The molecule has 1 atom stereocenters. The van der Waals surface area contributed by atoms with Crippen molar-refractivity contribution in [3.63, 3.8) is 0 Å². The first kappa shape index (κ1) is 22.8. The molecular formula is C23H29FN8O. The number of carbonyl (C=O) groups is 1. The molecule has 1 fully saturated rings. The van der Waals surface area contributed by atoms with Crippen LogP contribution in [-0.2, 0) is 17.8 Å². The Balaban J connectivity index is 1.44. The van der Waals surface area contributed by atoms with Gasteiger partial charge in [-0.05, 0) is 60.8 Å². The normalized spacial score (nSPS) is 15.2. The van der Waals surface area contributed by atoms with Crippen LogP contribution in [0.2, 0.25) is 0 Å². The zero-order chi connectivity index (χ0) is 23.4. The average Bonchev–Trinajstić information content (AvgIpc) is 3.23. The Labute approximate surface area is 192 Å². The highest BCUT2D eigenvalue weighted by Crippen LogP contribution is 2.21. The Bertz CT molecular complexity index is 1080. The van der Waals surface area contributed by atoms with Gasteiger partial charge in [0.05, 0.1) is 0 Å². The molecule has 0 saturated carbocycles. The molecule has 4 rings (SSSR count). The van der Waals surface area contributed by atoms with Crippen molar-refractivity contribution < 1.29 is 9.18 Å². The third kappa shape index (κ3) is 5.51. The molecule has 2 aromatic heterocycles. The van der Waals surface area contributed by atoms with Crippen molar-refractivity contribution in [3.05, 3.63) is 65.4 Å². The third-order valence-corrected chi connectivity index (χ3v) is 5.78. The van der Waals surface area contributed by atoms with E-state index in [1.54, 1.807) is 13.0 Å². The van der Waals surface area contributed by atoms with Crippen molar-refractivity contribution in [1.29, 1.82) is 0 Å². The lowest BCUT2D eigenvalue weighted by atomic mass is 10.0. The average molecular weight is 453 g/mol. The molecule has 0 spiro atoms. The van der Waals surface area contributed by atoms with Crippen LogP contribution in [0.25, 0.3) is 0 Å². The summed E-state index contributed by atoms with van der Waals surface area (Å²) in [5.74, 6) is 1.07. The van der Waals surface area contributed by atoms with Crippen LogP contribution < -0.4 is 4.90 Å². The SMILES string of the molecule is Cc1nnnn1C(Cc1cccc(F)c1)C(=O)N1CCN(c2ccc(CN(C)C)cn2)CC1. The number of rotatable bonds is 7. The molecule has 3 heterocycles. The molecule has 0 N–H and O–H groups in total. The molecule has 0 bridgehead atoms. The molecule has 1 aliphatic heterocycles. The van der Waals surface area contributed by atoms with Gasteiger partial charge in [-0.25, -0.2) is 14.1 Å². The van der Waals surface area contributed by atoms with Gasteiger partial charge < -0.3 is 14.7 Å². The summed E-state index contributed by atoms with van der Waals surface area (Å²) in [5.41, 5.74) is 1.89. The number of nitrogens with zero attached hydrogens (tertiary/aromatic N) is 8. The van der Waals surface area contributed by atoms with Gasteiger partial charge >= 0.3 is 0 Å². The van der Waals surface area contributed by atoms with E-state index in [-0.39, 0.29) is 11.7 Å². The molecule has 3 aromatic rings. The molecule has 1 saturated heterocycles. The lowest BCUT2D eigenvalue weighted by molar-refractivity contribution is -0.135. The van der Waals surface area contributed by atoms with Gasteiger partial charge in [0.15, 0.2) is 0 Å². The lowest BCUT2D eigenvalue weighted by Crippen LogP contribution is -2.51. The molecule has 1 aliphatic rings. The number of piperazine rings is 1. The van der Waals surface area contributed by atoms with E-state index in [4.69, 9.17) is 0 Å². The van der Waals surface area contributed by atoms with E-state index in [1.165, 1.54) is 16.8 Å². The number of hydrogen-bond acceptors (Lipinski definition) is 7. The maximum absolute atomic E-state index is 13.7. The van der Waals surface area contributed by atoms with Crippen molar-refractivity contribution in [2.75, 3.05) is 45.2 Å². The number of carbonyl (C=O) groups excluding carboxylic acids is 1. The van der Waals surface area contributed by atoms with E-state index < -0.39 is 6.04 Å². The second-order valence-electron chi connectivity index (χ2n) is 8.60. The summed E-state index contributed by atoms with van der Waals surface area (Å²) in [6.07, 6.45) is 2.22. The first-order chi connectivity index (χ1) is 15.9. The summed E-state index contributed by atoms with van der Waals surface area (Å²) < 4.78 is 15.3. The Morgan fingerprint density at radius 2 is 1.91 bits per heavy atom.